The van der Waals surface area contributed by atoms with Crippen LogP contribution in [0.3, 0.4) is 0 Å². The van der Waals surface area contributed by atoms with Gasteiger partial charge in [0.1, 0.15) is 5.75 Å². The average Bonchev–Trinajstić information content (AvgIpc) is 2.82. The molecule has 17 heavy (non-hydrogen) atoms. The summed E-state index contributed by atoms with van der Waals surface area (Å²) in [4.78, 5) is 11.8. The topological polar surface area (TPSA) is 84.6 Å². The van der Waals surface area contributed by atoms with Gasteiger partial charge in [-0.3, -0.25) is 4.79 Å². The number of nitrogens with two attached hydrogens (primary N) is 1. The van der Waals surface area contributed by atoms with Crippen molar-refractivity contribution < 1.29 is 14.6 Å². The molecule has 0 bridgehead atoms. The standard InChI is InChI=1S/C12H16N2O3/c13-11-4-3-8(15)6-10(11)12(16)14-7-9-2-1-5-17-9/h3-4,6,9,15H,1-2,5,7,13H2,(H,14,16). The van der Waals surface area contributed by atoms with E-state index in [0.29, 0.717) is 17.8 Å². The molecule has 92 valence electrons. The molecule has 1 heterocycles. The number of amides is 1. The number of aromatic hydroxyl groups is 1. The molecule has 5 heteroatoms. The quantitative estimate of drug-likeness (QED) is 0.537. The Bertz CT molecular complexity index is 414. The number of rotatable bonds is 3. The Labute approximate surface area is 99.6 Å². The molecule has 1 aromatic rings. The van der Waals surface area contributed by atoms with Gasteiger partial charge >= 0.3 is 0 Å². The molecular formula is C12H16N2O3. The molecule has 1 amide bonds. The van der Waals surface area contributed by atoms with Crippen LogP contribution in [0.1, 0.15) is 23.2 Å². The minimum Gasteiger partial charge on any atom is -0.508 e. The van der Waals surface area contributed by atoms with Crippen molar-refractivity contribution in [3.63, 3.8) is 0 Å². The van der Waals surface area contributed by atoms with E-state index in [1.807, 2.05) is 0 Å². The van der Waals surface area contributed by atoms with Crippen LogP contribution < -0.4 is 11.1 Å². The molecule has 5 nitrogen and oxygen atoms in total. The molecule has 1 saturated heterocycles. The molecule has 0 saturated carbocycles. The summed E-state index contributed by atoms with van der Waals surface area (Å²) in [6.45, 7) is 1.24. The highest BCUT2D eigenvalue weighted by atomic mass is 16.5. The van der Waals surface area contributed by atoms with Gasteiger partial charge in [0.05, 0.1) is 11.7 Å². The molecule has 1 aliphatic rings. The zero-order chi connectivity index (χ0) is 12.3. The van der Waals surface area contributed by atoms with Crippen molar-refractivity contribution in [1.29, 1.82) is 0 Å². The zero-order valence-corrected chi connectivity index (χ0v) is 9.48. The van der Waals surface area contributed by atoms with E-state index in [4.69, 9.17) is 10.5 Å². The number of phenols is 1. The summed E-state index contributed by atoms with van der Waals surface area (Å²) < 4.78 is 5.40. The first-order valence-corrected chi connectivity index (χ1v) is 5.65. The number of anilines is 1. The van der Waals surface area contributed by atoms with Crippen LogP contribution in [0.4, 0.5) is 5.69 Å². The van der Waals surface area contributed by atoms with E-state index < -0.39 is 0 Å². The van der Waals surface area contributed by atoms with E-state index in [-0.39, 0.29) is 17.8 Å². The Balaban J connectivity index is 1.96. The fraction of sp³-hybridized carbons (Fsp3) is 0.417. The maximum absolute atomic E-state index is 11.8. The first-order valence-electron chi connectivity index (χ1n) is 5.65. The number of benzene rings is 1. The first-order chi connectivity index (χ1) is 8.16. The van der Waals surface area contributed by atoms with Crippen LogP contribution in [0.5, 0.6) is 5.75 Å². The van der Waals surface area contributed by atoms with Gasteiger partial charge in [-0.05, 0) is 31.0 Å². The van der Waals surface area contributed by atoms with Crippen LogP contribution in [-0.2, 0) is 4.74 Å². The maximum Gasteiger partial charge on any atom is 0.253 e. The number of hydrogen-bond donors (Lipinski definition) is 3. The van der Waals surface area contributed by atoms with E-state index in [1.54, 1.807) is 0 Å². The summed E-state index contributed by atoms with van der Waals surface area (Å²) in [5.74, 6) is -0.254. The van der Waals surface area contributed by atoms with E-state index in [9.17, 15) is 9.90 Å². The number of ether oxygens (including phenoxy) is 1. The Kier molecular flexibility index (Phi) is 3.49. The molecule has 2 rings (SSSR count). The smallest absolute Gasteiger partial charge is 0.253 e. The molecule has 1 atom stereocenters. The van der Waals surface area contributed by atoms with Crippen molar-refractivity contribution in [3.05, 3.63) is 23.8 Å². The van der Waals surface area contributed by atoms with E-state index in [2.05, 4.69) is 5.32 Å². The van der Waals surface area contributed by atoms with Crippen molar-refractivity contribution in [2.75, 3.05) is 18.9 Å². The molecule has 0 aromatic heterocycles. The zero-order valence-electron chi connectivity index (χ0n) is 9.48. The maximum atomic E-state index is 11.8. The second kappa shape index (κ2) is 5.05. The predicted molar refractivity (Wildman–Crippen MR) is 63.8 cm³/mol. The van der Waals surface area contributed by atoms with Gasteiger partial charge in [-0.1, -0.05) is 0 Å². The fourth-order valence-electron chi connectivity index (χ4n) is 1.85. The van der Waals surface area contributed by atoms with E-state index in [0.717, 1.165) is 19.4 Å². The molecule has 1 unspecified atom stereocenters. The fourth-order valence-corrected chi connectivity index (χ4v) is 1.85. The SMILES string of the molecule is Nc1ccc(O)cc1C(=O)NCC1CCCO1. The normalized spacial score (nSPS) is 19.2. The largest absolute Gasteiger partial charge is 0.508 e. The summed E-state index contributed by atoms with van der Waals surface area (Å²) in [6.07, 6.45) is 2.10. The molecule has 0 aliphatic carbocycles. The Morgan fingerprint density at radius 2 is 2.41 bits per heavy atom. The first kappa shape index (κ1) is 11.7. The minimum absolute atomic E-state index is 0.0291. The van der Waals surface area contributed by atoms with Crippen LogP contribution in [-0.4, -0.2) is 30.3 Å². The van der Waals surface area contributed by atoms with Gasteiger partial charge in [0.2, 0.25) is 0 Å². The predicted octanol–water partition coefficient (Wildman–Crippen LogP) is 0.883. The number of phenolic OH excluding ortho intramolecular Hbond substituents is 1. The van der Waals surface area contributed by atoms with Gasteiger partial charge < -0.3 is 20.9 Å². The van der Waals surface area contributed by atoms with Gasteiger partial charge in [-0.15, -0.1) is 0 Å². The number of carbonyl (C=O) groups is 1. The van der Waals surface area contributed by atoms with Crippen LogP contribution in [0.15, 0.2) is 18.2 Å². The van der Waals surface area contributed by atoms with E-state index in [1.165, 1.54) is 18.2 Å². The number of hydrogen-bond acceptors (Lipinski definition) is 4. The molecular weight excluding hydrogens is 220 g/mol. The second-order valence-electron chi connectivity index (χ2n) is 4.12. The molecule has 1 aliphatic heterocycles. The van der Waals surface area contributed by atoms with Crippen molar-refractivity contribution >= 4 is 11.6 Å². The third kappa shape index (κ3) is 2.88. The van der Waals surface area contributed by atoms with Crippen LogP contribution >= 0.6 is 0 Å². The Morgan fingerprint density at radius 3 is 3.12 bits per heavy atom. The van der Waals surface area contributed by atoms with Crippen molar-refractivity contribution in [1.82, 2.24) is 5.32 Å². The molecule has 4 N–H and O–H groups in total. The third-order valence-corrected chi connectivity index (χ3v) is 2.80. The lowest BCUT2D eigenvalue weighted by atomic mass is 10.1. The summed E-state index contributed by atoms with van der Waals surface area (Å²) >= 11 is 0. The second-order valence-corrected chi connectivity index (χ2v) is 4.12. The van der Waals surface area contributed by atoms with Crippen LogP contribution in [0, 0.1) is 0 Å². The highest BCUT2D eigenvalue weighted by Gasteiger charge is 2.17. The number of nitrogens with one attached hydrogen (secondary N) is 1. The highest BCUT2D eigenvalue weighted by Crippen LogP contribution is 2.18. The highest BCUT2D eigenvalue weighted by molar-refractivity contribution is 5.99. The van der Waals surface area contributed by atoms with Gasteiger partial charge in [-0.2, -0.15) is 0 Å². The molecule has 1 aromatic carbocycles. The molecule has 1 fully saturated rings. The van der Waals surface area contributed by atoms with Crippen molar-refractivity contribution in [3.8, 4) is 5.75 Å². The Hall–Kier alpha value is -1.75. The summed E-state index contributed by atoms with van der Waals surface area (Å²) in [5, 5.41) is 12.1. The average molecular weight is 236 g/mol. The van der Waals surface area contributed by atoms with Crippen molar-refractivity contribution in [2.24, 2.45) is 0 Å². The van der Waals surface area contributed by atoms with Gasteiger partial charge in [0.15, 0.2) is 0 Å². The summed E-state index contributed by atoms with van der Waals surface area (Å²) in [5.41, 5.74) is 6.32. The van der Waals surface area contributed by atoms with Crippen LogP contribution in [0.25, 0.3) is 0 Å². The summed E-state index contributed by atoms with van der Waals surface area (Å²) in [7, 11) is 0. The van der Waals surface area contributed by atoms with Gasteiger partial charge in [0, 0.05) is 18.8 Å². The summed E-state index contributed by atoms with van der Waals surface area (Å²) in [6, 6.07) is 4.32. The lowest BCUT2D eigenvalue weighted by Gasteiger charge is -2.11. The lowest BCUT2D eigenvalue weighted by Crippen LogP contribution is -2.32. The van der Waals surface area contributed by atoms with Crippen LogP contribution in [0.2, 0.25) is 0 Å². The monoisotopic (exact) mass is 236 g/mol. The number of nitrogen functional groups attached to an aromatic ring is 1. The van der Waals surface area contributed by atoms with Gasteiger partial charge in [-0.25, -0.2) is 0 Å². The number of carbonyl (C=O) groups excluding carboxylic acids is 1. The molecule has 0 spiro atoms. The van der Waals surface area contributed by atoms with Crippen molar-refractivity contribution in [2.45, 2.75) is 18.9 Å². The Morgan fingerprint density at radius 1 is 1.59 bits per heavy atom. The molecule has 0 radical (unpaired) electrons. The van der Waals surface area contributed by atoms with E-state index >= 15 is 0 Å². The van der Waals surface area contributed by atoms with Gasteiger partial charge in [0.25, 0.3) is 5.91 Å². The lowest BCUT2D eigenvalue weighted by molar-refractivity contribution is 0.0858. The third-order valence-electron chi connectivity index (χ3n) is 2.80. The minimum atomic E-state index is -0.283.